The maximum absolute atomic E-state index is 13.8. The lowest BCUT2D eigenvalue weighted by molar-refractivity contribution is 0.315. The van der Waals surface area contributed by atoms with Crippen LogP contribution >= 0.6 is 11.6 Å². The van der Waals surface area contributed by atoms with E-state index in [0.29, 0.717) is 11.1 Å². The molecule has 0 amide bonds. The summed E-state index contributed by atoms with van der Waals surface area (Å²) in [5.41, 5.74) is 0.761. The van der Waals surface area contributed by atoms with Crippen molar-refractivity contribution in [1.29, 1.82) is 0 Å². The van der Waals surface area contributed by atoms with Crippen LogP contribution < -0.4 is 5.32 Å². The molecular formula is C17H25ClFN. The van der Waals surface area contributed by atoms with E-state index in [0.717, 1.165) is 24.3 Å². The zero-order chi connectivity index (χ0) is 14.4. The highest BCUT2D eigenvalue weighted by molar-refractivity contribution is 6.30. The van der Waals surface area contributed by atoms with Crippen LogP contribution in [0.15, 0.2) is 18.2 Å². The van der Waals surface area contributed by atoms with Gasteiger partial charge in [-0.1, -0.05) is 49.8 Å². The van der Waals surface area contributed by atoms with Crippen LogP contribution in [-0.2, 0) is 6.42 Å². The highest BCUT2D eigenvalue weighted by atomic mass is 35.5. The second-order valence-corrected chi connectivity index (χ2v) is 6.44. The number of hydrogen-bond donors (Lipinski definition) is 1. The molecule has 0 radical (unpaired) electrons. The molecule has 1 N–H and O–H groups in total. The molecule has 1 aliphatic rings. The quantitative estimate of drug-likeness (QED) is 0.781. The van der Waals surface area contributed by atoms with E-state index in [4.69, 9.17) is 11.6 Å². The lowest BCUT2D eigenvalue weighted by Crippen LogP contribution is -2.28. The number of rotatable bonds is 6. The number of likely N-dealkylation sites (N-methyl/N-ethyl adjacent to an activating group) is 1. The summed E-state index contributed by atoms with van der Waals surface area (Å²) in [6.07, 6.45) is 10.1. The fourth-order valence-corrected chi connectivity index (χ4v) is 3.37. The van der Waals surface area contributed by atoms with Crippen molar-refractivity contribution in [2.75, 3.05) is 7.05 Å². The minimum atomic E-state index is -0.185. The summed E-state index contributed by atoms with van der Waals surface area (Å²) in [7, 11) is 1.97. The zero-order valence-corrected chi connectivity index (χ0v) is 13.1. The standard InChI is InChI=1S/C17H25ClFN/c1-20-16(10-7-13-5-3-2-4-6-13)11-14-8-9-15(18)12-17(14)19/h8-9,12-13,16,20H,2-7,10-11H2,1H3. The molecule has 0 heterocycles. The van der Waals surface area contributed by atoms with E-state index in [1.807, 2.05) is 13.1 Å². The summed E-state index contributed by atoms with van der Waals surface area (Å²) in [6.45, 7) is 0. The summed E-state index contributed by atoms with van der Waals surface area (Å²) < 4.78 is 13.8. The normalized spacial score (nSPS) is 18.1. The topological polar surface area (TPSA) is 12.0 Å². The van der Waals surface area contributed by atoms with E-state index in [2.05, 4.69) is 5.32 Å². The highest BCUT2D eigenvalue weighted by Gasteiger charge is 2.16. The highest BCUT2D eigenvalue weighted by Crippen LogP contribution is 2.28. The number of benzene rings is 1. The first-order valence-corrected chi connectivity index (χ1v) is 8.18. The number of hydrogen-bond acceptors (Lipinski definition) is 1. The third-order valence-electron chi connectivity index (χ3n) is 4.54. The maximum Gasteiger partial charge on any atom is 0.127 e. The Morgan fingerprint density at radius 1 is 1.30 bits per heavy atom. The zero-order valence-electron chi connectivity index (χ0n) is 12.3. The Balaban J connectivity index is 1.84. The predicted molar refractivity (Wildman–Crippen MR) is 83.8 cm³/mol. The Labute approximate surface area is 126 Å². The smallest absolute Gasteiger partial charge is 0.127 e. The van der Waals surface area contributed by atoms with Gasteiger partial charge in [0, 0.05) is 11.1 Å². The van der Waals surface area contributed by atoms with E-state index in [9.17, 15) is 4.39 Å². The molecule has 1 saturated carbocycles. The monoisotopic (exact) mass is 297 g/mol. The van der Waals surface area contributed by atoms with Gasteiger partial charge in [0.15, 0.2) is 0 Å². The molecule has 3 heteroatoms. The Morgan fingerprint density at radius 3 is 2.70 bits per heavy atom. The van der Waals surface area contributed by atoms with Crippen molar-refractivity contribution >= 4 is 11.6 Å². The van der Waals surface area contributed by atoms with Gasteiger partial charge in [-0.15, -0.1) is 0 Å². The van der Waals surface area contributed by atoms with E-state index in [1.54, 1.807) is 6.07 Å². The number of halogens is 2. The SMILES string of the molecule is CNC(CCC1CCCCC1)Cc1ccc(Cl)cc1F. The van der Waals surface area contributed by atoms with Crippen LogP contribution in [0, 0.1) is 11.7 Å². The first kappa shape index (κ1) is 15.8. The Hall–Kier alpha value is -0.600. The van der Waals surface area contributed by atoms with Gasteiger partial charge in [0.1, 0.15) is 5.82 Å². The van der Waals surface area contributed by atoms with Crippen LogP contribution in [0.25, 0.3) is 0 Å². The molecule has 1 aliphatic carbocycles. The van der Waals surface area contributed by atoms with Gasteiger partial charge < -0.3 is 5.32 Å². The van der Waals surface area contributed by atoms with Crippen molar-refractivity contribution in [2.24, 2.45) is 5.92 Å². The molecule has 1 aromatic carbocycles. The molecule has 0 aromatic heterocycles. The van der Waals surface area contributed by atoms with Crippen LogP contribution in [0.5, 0.6) is 0 Å². The minimum Gasteiger partial charge on any atom is -0.317 e. The molecule has 1 fully saturated rings. The minimum absolute atomic E-state index is 0.185. The number of nitrogens with one attached hydrogen (secondary N) is 1. The predicted octanol–water partition coefficient (Wildman–Crippen LogP) is 4.97. The maximum atomic E-state index is 13.8. The molecule has 112 valence electrons. The van der Waals surface area contributed by atoms with Crippen molar-refractivity contribution in [3.05, 3.63) is 34.6 Å². The lowest BCUT2D eigenvalue weighted by atomic mass is 9.84. The average molecular weight is 298 g/mol. The second-order valence-electron chi connectivity index (χ2n) is 6.01. The van der Waals surface area contributed by atoms with Crippen LogP contribution in [0.2, 0.25) is 5.02 Å². The van der Waals surface area contributed by atoms with Crippen molar-refractivity contribution in [1.82, 2.24) is 5.32 Å². The van der Waals surface area contributed by atoms with Gasteiger partial charge in [0.2, 0.25) is 0 Å². The Morgan fingerprint density at radius 2 is 2.05 bits per heavy atom. The van der Waals surface area contributed by atoms with Gasteiger partial charge in [-0.3, -0.25) is 0 Å². The fraction of sp³-hybridized carbons (Fsp3) is 0.647. The molecule has 1 nitrogen and oxygen atoms in total. The molecule has 0 bridgehead atoms. The molecule has 1 unspecified atom stereocenters. The molecule has 0 spiro atoms. The van der Waals surface area contributed by atoms with Crippen molar-refractivity contribution in [3.63, 3.8) is 0 Å². The lowest BCUT2D eigenvalue weighted by Gasteiger charge is -2.24. The Kier molecular flexibility index (Phi) is 6.31. The van der Waals surface area contributed by atoms with Crippen LogP contribution in [0.4, 0.5) is 4.39 Å². The molecule has 0 saturated heterocycles. The van der Waals surface area contributed by atoms with Crippen LogP contribution in [0.3, 0.4) is 0 Å². The first-order chi connectivity index (χ1) is 9.69. The summed E-state index contributed by atoms with van der Waals surface area (Å²) in [5.74, 6) is 0.699. The van der Waals surface area contributed by atoms with E-state index < -0.39 is 0 Å². The van der Waals surface area contributed by atoms with Gasteiger partial charge in [0.25, 0.3) is 0 Å². The van der Waals surface area contributed by atoms with Gasteiger partial charge >= 0.3 is 0 Å². The molecule has 0 aliphatic heterocycles. The van der Waals surface area contributed by atoms with E-state index >= 15 is 0 Å². The average Bonchev–Trinajstić information content (AvgIpc) is 2.46. The van der Waals surface area contributed by atoms with Crippen molar-refractivity contribution in [2.45, 2.75) is 57.4 Å². The van der Waals surface area contributed by atoms with Crippen LogP contribution in [0.1, 0.15) is 50.5 Å². The van der Waals surface area contributed by atoms with E-state index in [-0.39, 0.29) is 5.82 Å². The molecule has 1 aromatic rings. The third-order valence-corrected chi connectivity index (χ3v) is 4.77. The Bertz CT molecular complexity index is 415. The molecular weight excluding hydrogens is 273 g/mol. The van der Waals surface area contributed by atoms with Crippen molar-refractivity contribution < 1.29 is 4.39 Å². The summed E-state index contributed by atoms with van der Waals surface area (Å²) in [4.78, 5) is 0. The summed E-state index contributed by atoms with van der Waals surface area (Å²) in [6, 6.07) is 5.34. The van der Waals surface area contributed by atoms with E-state index in [1.165, 1.54) is 44.6 Å². The van der Waals surface area contributed by atoms with Crippen molar-refractivity contribution in [3.8, 4) is 0 Å². The summed E-state index contributed by atoms with van der Waals surface area (Å²) >= 11 is 5.79. The van der Waals surface area contributed by atoms with Gasteiger partial charge in [-0.25, -0.2) is 4.39 Å². The summed E-state index contributed by atoms with van der Waals surface area (Å²) in [5, 5.41) is 3.80. The fourth-order valence-electron chi connectivity index (χ4n) is 3.21. The third kappa shape index (κ3) is 4.75. The molecule has 1 atom stereocenters. The first-order valence-electron chi connectivity index (χ1n) is 7.80. The van der Waals surface area contributed by atoms with Gasteiger partial charge in [-0.2, -0.15) is 0 Å². The van der Waals surface area contributed by atoms with Gasteiger partial charge in [-0.05, 0) is 49.9 Å². The largest absolute Gasteiger partial charge is 0.317 e. The van der Waals surface area contributed by atoms with Crippen LogP contribution in [-0.4, -0.2) is 13.1 Å². The second kappa shape index (κ2) is 7.99. The molecule has 2 rings (SSSR count). The molecule has 20 heavy (non-hydrogen) atoms. The van der Waals surface area contributed by atoms with Gasteiger partial charge in [0.05, 0.1) is 0 Å².